The van der Waals surface area contributed by atoms with Crippen molar-refractivity contribution >= 4 is 11.0 Å². The topological polar surface area (TPSA) is 38.1 Å². The molecule has 0 aliphatic heterocycles. The summed E-state index contributed by atoms with van der Waals surface area (Å²) in [6, 6.07) is 13.0. The summed E-state index contributed by atoms with van der Waals surface area (Å²) in [6.07, 6.45) is 6.38. The second-order valence-corrected chi connectivity index (χ2v) is 5.39. The molecule has 1 aliphatic carbocycles. The van der Waals surface area contributed by atoms with E-state index in [0.29, 0.717) is 6.04 Å². The van der Waals surface area contributed by atoms with Gasteiger partial charge in [0.15, 0.2) is 0 Å². The van der Waals surface area contributed by atoms with Crippen LogP contribution in [0.15, 0.2) is 53.2 Å². The molecule has 4 rings (SSSR count). The fourth-order valence-electron chi connectivity index (χ4n) is 2.39. The molecule has 0 bridgehead atoms. The standard InChI is InChI=1S/C17H16N2O/c1-2-4-16-13(3-1)8-17(20-16)14-7-12(9-18-11-14)10-19-15-5-6-15/h1-4,7-9,11,15,19H,5-6,10H2. The molecule has 3 heteroatoms. The van der Waals surface area contributed by atoms with Gasteiger partial charge in [0.2, 0.25) is 0 Å². The predicted octanol–water partition coefficient (Wildman–Crippen LogP) is 3.75. The van der Waals surface area contributed by atoms with Crippen molar-refractivity contribution in [1.29, 1.82) is 0 Å². The Hall–Kier alpha value is -2.13. The average Bonchev–Trinajstić information content (AvgIpc) is 3.22. The number of hydrogen-bond donors (Lipinski definition) is 1. The van der Waals surface area contributed by atoms with Gasteiger partial charge in [-0.05, 0) is 36.6 Å². The van der Waals surface area contributed by atoms with E-state index in [1.165, 1.54) is 18.4 Å². The van der Waals surface area contributed by atoms with Crippen molar-refractivity contribution in [2.45, 2.75) is 25.4 Å². The molecule has 2 aromatic heterocycles. The Bertz CT molecular complexity index is 710. The second-order valence-electron chi connectivity index (χ2n) is 5.39. The van der Waals surface area contributed by atoms with Crippen LogP contribution in [0.2, 0.25) is 0 Å². The molecule has 3 aromatic rings. The first kappa shape index (κ1) is 11.7. The highest BCUT2D eigenvalue weighted by atomic mass is 16.3. The van der Waals surface area contributed by atoms with Crippen LogP contribution in [0, 0.1) is 0 Å². The van der Waals surface area contributed by atoms with Crippen molar-refractivity contribution in [3.8, 4) is 11.3 Å². The van der Waals surface area contributed by atoms with Crippen LogP contribution in [0.1, 0.15) is 18.4 Å². The number of benzene rings is 1. The molecular formula is C17H16N2O. The Labute approximate surface area is 117 Å². The Balaban J connectivity index is 1.64. The molecule has 0 atom stereocenters. The van der Waals surface area contributed by atoms with E-state index >= 15 is 0 Å². The molecule has 100 valence electrons. The quantitative estimate of drug-likeness (QED) is 0.780. The number of pyridine rings is 1. The highest BCUT2D eigenvalue weighted by Crippen LogP contribution is 2.27. The lowest BCUT2D eigenvalue weighted by Gasteiger charge is -2.04. The molecule has 3 nitrogen and oxygen atoms in total. The van der Waals surface area contributed by atoms with E-state index in [1.54, 1.807) is 0 Å². The summed E-state index contributed by atoms with van der Waals surface area (Å²) < 4.78 is 5.89. The molecule has 20 heavy (non-hydrogen) atoms. The lowest BCUT2D eigenvalue weighted by molar-refractivity contribution is 0.630. The van der Waals surface area contributed by atoms with Gasteiger partial charge in [0.25, 0.3) is 0 Å². The molecule has 1 aliphatic rings. The summed E-state index contributed by atoms with van der Waals surface area (Å²) in [7, 11) is 0. The van der Waals surface area contributed by atoms with Crippen molar-refractivity contribution in [1.82, 2.24) is 10.3 Å². The first-order valence-electron chi connectivity index (χ1n) is 7.05. The maximum absolute atomic E-state index is 5.89. The van der Waals surface area contributed by atoms with Crippen LogP contribution in [0.25, 0.3) is 22.3 Å². The van der Waals surface area contributed by atoms with Gasteiger partial charge < -0.3 is 9.73 Å². The minimum absolute atomic E-state index is 0.713. The summed E-state index contributed by atoms with van der Waals surface area (Å²) in [5.41, 5.74) is 3.16. The lowest BCUT2D eigenvalue weighted by atomic mass is 10.1. The van der Waals surface area contributed by atoms with Gasteiger partial charge in [-0.2, -0.15) is 0 Å². The zero-order valence-electron chi connectivity index (χ0n) is 11.2. The van der Waals surface area contributed by atoms with Crippen LogP contribution < -0.4 is 5.32 Å². The number of nitrogens with one attached hydrogen (secondary N) is 1. The van der Waals surface area contributed by atoms with E-state index < -0.39 is 0 Å². The van der Waals surface area contributed by atoms with Gasteiger partial charge in [-0.1, -0.05) is 18.2 Å². The van der Waals surface area contributed by atoms with Gasteiger partial charge in [0, 0.05) is 35.9 Å². The molecular weight excluding hydrogens is 248 g/mol. The van der Waals surface area contributed by atoms with E-state index in [4.69, 9.17) is 4.42 Å². The largest absolute Gasteiger partial charge is 0.456 e. The summed E-state index contributed by atoms with van der Waals surface area (Å²) in [4.78, 5) is 4.33. The molecule has 0 amide bonds. The minimum atomic E-state index is 0.713. The molecule has 1 aromatic carbocycles. The summed E-state index contributed by atoms with van der Waals surface area (Å²) in [5.74, 6) is 0.881. The number of para-hydroxylation sites is 1. The second kappa shape index (κ2) is 4.76. The van der Waals surface area contributed by atoms with Gasteiger partial charge >= 0.3 is 0 Å². The third-order valence-electron chi connectivity index (χ3n) is 3.68. The maximum atomic E-state index is 5.89. The third kappa shape index (κ3) is 2.32. The van der Waals surface area contributed by atoms with Crippen LogP contribution >= 0.6 is 0 Å². The molecule has 0 spiro atoms. The molecule has 2 heterocycles. The molecule has 1 N–H and O–H groups in total. The molecule has 1 fully saturated rings. The highest BCUT2D eigenvalue weighted by Gasteiger charge is 2.20. The van der Waals surface area contributed by atoms with E-state index in [2.05, 4.69) is 28.5 Å². The zero-order chi connectivity index (χ0) is 13.4. The molecule has 0 unspecified atom stereocenters. The van der Waals surface area contributed by atoms with Crippen LogP contribution in [0.4, 0.5) is 0 Å². The van der Waals surface area contributed by atoms with E-state index in [0.717, 1.165) is 28.8 Å². The Morgan fingerprint density at radius 2 is 2.05 bits per heavy atom. The van der Waals surface area contributed by atoms with Gasteiger partial charge in [0.1, 0.15) is 11.3 Å². The van der Waals surface area contributed by atoms with Gasteiger partial charge in [0.05, 0.1) is 0 Å². The monoisotopic (exact) mass is 264 g/mol. The van der Waals surface area contributed by atoms with Crippen LogP contribution in [-0.2, 0) is 6.54 Å². The van der Waals surface area contributed by atoms with Crippen molar-refractivity contribution in [3.05, 3.63) is 54.4 Å². The number of nitrogens with zero attached hydrogens (tertiary/aromatic N) is 1. The maximum Gasteiger partial charge on any atom is 0.136 e. The average molecular weight is 264 g/mol. The number of furan rings is 1. The van der Waals surface area contributed by atoms with Gasteiger partial charge in [-0.15, -0.1) is 0 Å². The fourth-order valence-corrected chi connectivity index (χ4v) is 2.39. The number of rotatable bonds is 4. The first-order valence-corrected chi connectivity index (χ1v) is 7.05. The Morgan fingerprint density at radius 1 is 1.15 bits per heavy atom. The first-order chi connectivity index (χ1) is 9.88. The number of fused-ring (bicyclic) bond motifs is 1. The lowest BCUT2D eigenvalue weighted by Crippen LogP contribution is -2.15. The molecule has 1 saturated carbocycles. The number of aromatic nitrogens is 1. The van der Waals surface area contributed by atoms with Crippen LogP contribution in [-0.4, -0.2) is 11.0 Å². The van der Waals surface area contributed by atoms with Crippen molar-refractivity contribution in [2.75, 3.05) is 0 Å². The van der Waals surface area contributed by atoms with E-state index in [-0.39, 0.29) is 0 Å². The van der Waals surface area contributed by atoms with Crippen molar-refractivity contribution < 1.29 is 4.42 Å². The summed E-state index contributed by atoms with van der Waals surface area (Å²) in [6.45, 7) is 0.881. The molecule has 0 saturated heterocycles. The Kier molecular flexibility index (Phi) is 2.78. The SMILES string of the molecule is c1ccc2oc(-c3cncc(CNC4CC4)c3)cc2c1. The third-order valence-corrected chi connectivity index (χ3v) is 3.68. The zero-order valence-corrected chi connectivity index (χ0v) is 11.2. The van der Waals surface area contributed by atoms with Crippen LogP contribution in [0.3, 0.4) is 0 Å². The van der Waals surface area contributed by atoms with E-state index in [9.17, 15) is 0 Å². The summed E-state index contributed by atoms with van der Waals surface area (Å²) in [5, 5.41) is 4.64. The smallest absolute Gasteiger partial charge is 0.136 e. The predicted molar refractivity (Wildman–Crippen MR) is 79.3 cm³/mol. The minimum Gasteiger partial charge on any atom is -0.456 e. The number of hydrogen-bond acceptors (Lipinski definition) is 3. The van der Waals surface area contributed by atoms with Crippen molar-refractivity contribution in [3.63, 3.8) is 0 Å². The normalized spacial score (nSPS) is 14.8. The fraction of sp³-hybridized carbons (Fsp3) is 0.235. The summed E-state index contributed by atoms with van der Waals surface area (Å²) >= 11 is 0. The Morgan fingerprint density at radius 3 is 2.90 bits per heavy atom. The van der Waals surface area contributed by atoms with E-state index in [1.807, 2.05) is 30.6 Å². The highest BCUT2D eigenvalue weighted by molar-refractivity contribution is 5.82. The van der Waals surface area contributed by atoms with Gasteiger partial charge in [-0.3, -0.25) is 4.98 Å². The van der Waals surface area contributed by atoms with Crippen LogP contribution in [0.5, 0.6) is 0 Å². The van der Waals surface area contributed by atoms with Gasteiger partial charge in [-0.25, -0.2) is 0 Å². The molecule has 0 radical (unpaired) electrons. The van der Waals surface area contributed by atoms with Crippen molar-refractivity contribution in [2.24, 2.45) is 0 Å².